The van der Waals surface area contributed by atoms with E-state index in [0.29, 0.717) is 35.8 Å². The molecule has 0 bridgehead atoms. The number of amides is 1. The zero-order valence-corrected chi connectivity index (χ0v) is 18.8. The number of rotatable bonds is 6. The number of carbonyl (C=O) groups is 2. The van der Waals surface area contributed by atoms with Crippen molar-refractivity contribution in [2.24, 2.45) is 0 Å². The molecule has 1 N–H and O–H groups in total. The molecule has 0 spiro atoms. The number of anilines is 1. The molecule has 1 aromatic carbocycles. The summed E-state index contributed by atoms with van der Waals surface area (Å²) < 4.78 is 37.7. The highest BCUT2D eigenvalue weighted by molar-refractivity contribution is 7.89. The van der Waals surface area contributed by atoms with Crippen molar-refractivity contribution in [3.8, 4) is 0 Å². The topological polar surface area (TPSA) is 119 Å². The molecule has 0 saturated carbocycles. The van der Waals surface area contributed by atoms with Gasteiger partial charge in [-0.2, -0.15) is 4.31 Å². The molecule has 9 nitrogen and oxygen atoms in total. The summed E-state index contributed by atoms with van der Waals surface area (Å²) in [6.07, 6.45) is 3.72. The van der Waals surface area contributed by atoms with Crippen LogP contribution < -0.4 is 5.32 Å². The first kappa shape index (κ1) is 23.0. The lowest BCUT2D eigenvalue weighted by Crippen LogP contribution is -2.32. The number of ether oxygens (including phenoxy) is 1. The van der Waals surface area contributed by atoms with Crippen LogP contribution in [0.4, 0.5) is 5.69 Å². The average molecular weight is 450 g/mol. The third-order valence-corrected chi connectivity index (χ3v) is 7.27. The molecule has 1 aliphatic rings. The number of benzene rings is 1. The van der Waals surface area contributed by atoms with Crippen LogP contribution in [0.1, 0.15) is 53.1 Å². The molecule has 1 aliphatic heterocycles. The molecule has 0 radical (unpaired) electrons. The molecule has 2 heterocycles. The number of hydrogen-bond donors (Lipinski definition) is 1. The van der Waals surface area contributed by atoms with Crippen molar-refractivity contribution in [1.82, 2.24) is 9.46 Å². The van der Waals surface area contributed by atoms with Crippen LogP contribution in [-0.4, -0.2) is 49.5 Å². The van der Waals surface area contributed by atoms with Crippen molar-refractivity contribution in [2.45, 2.75) is 51.3 Å². The van der Waals surface area contributed by atoms with Crippen LogP contribution in [0.2, 0.25) is 0 Å². The van der Waals surface area contributed by atoms with Gasteiger partial charge in [-0.1, -0.05) is 24.1 Å². The van der Waals surface area contributed by atoms with Crippen LogP contribution in [0.25, 0.3) is 0 Å². The molecule has 10 heteroatoms. The van der Waals surface area contributed by atoms with Crippen molar-refractivity contribution < 1.29 is 27.3 Å². The summed E-state index contributed by atoms with van der Waals surface area (Å²) in [7, 11) is -3.66. The van der Waals surface area contributed by atoms with E-state index in [1.165, 1.54) is 10.4 Å². The summed E-state index contributed by atoms with van der Waals surface area (Å²) in [5.41, 5.74) is 1.49. The Morgan fingerprint density at radius 1 is 1.13 bits per heavy atom. The van der Waals surface area contributed by atoms with Gasteiger partial charge in [-0.3, -0.25) is 4.79 Å². The van der Waals surface area contributed by atoms with Gasteiger partial charge >= 0.3 is 5.97 Å². The van der Waals surface area contributed by atoms with E-state index in [1.807, 2.05) is 0 Å². The van der Waals surface area contributed by atoms with Gasteiger partial charge in [0.05, 0.1) is 10.6 Å². The van der Waals surface area contributed by atoms with Gasteiger partial charge in [-0.25, -0.2) is 13.2 Å². The lowest BCUT2D eigenvalue weighted by molar-refractivity contribution is -0.119. The fourth-order valence-electron chi connectivity index (χ4n) is 3.55. The normalized spacial score (nSPS) is 15.3. The Labute approximate surface area is 181 Å². The van der Waals surface area contributed by atoms with Crippen molar-refractivity contribution in [2.75, 3.05) is 25.0 Å². The van der Waals surface area contributed by atoms with E-state index in [1.54, 1.807) is 32.9 Å². The van der Waals surface area contributed by atoms with Gasteiger partial charge in [0, 0.05) is 18.8 Å². The number of nitrogens with zero attached hydrogens (tertiary/aromatic N) is 2. The number of esters is 1. The highest BCUT2D eigenvalue weighted by atomic mass is 32.2. The zero-order chi connectivity index (χ0) is 22.6. The number of sulfonamides is 1. The zero-order valence-electron chi connectivity index (χ0n) is 17.9. The molecule has 1 amide bonds. The van der Waals surface area contributed by atoms with Gasteiger partial charge in [-0.05, 0) is 51.3 Å². The second kappa shape index (κ2) is 9.61. The van der Waals surface area contributed by atoms with Crippen molar-refractivity contribution in [3.63, 3.8) is 0 Å². The summed E-state index contributed by atoms with van der Waals surface area (Å²) in [6.45, 7) is 5.37. The Morgan fingerprint density at radius 3 is 2.42 bits per heavy atom. The van der Waals surface area contributed by atoms with Gasteiger partial charge in [0.25, 0.3) is 5.91 Å². The van der Waals surface area contributed by atoms with Gasteiger partial charge < -0.3 is 14.6 Å². The summed E-state index contributed by atoms with van der Waals surface area (Å²) in [5.74, 6) is -0.980. The summed E-state index contributed by atoms with van der Waals surface area (Å²) in [4.78, 5) is 24.6. The molecule has 1 fully saturated rings. The van der Waals surface area contributed by atoms with E-state index in [0.717, 1.165) is 25.7 Å². The molecular weight excluding hydrogens is 422 g/mol. The van der Waals surface area contributed by atoms with Crippen LogP contribution in [0.3, 0.4) is 0 Å². The van der Waals surface area contributed by atoms with E-state index in [2.05, 4.69) is 10.5 Å². The lowest BCUT2D eigenvalue weighted by atomic mass is 10.2. The molecule has 2 aromatic rings. The van der Waals surface area contributed by atoms with Crippen molar-refractivity contribution in [3.05, 3.63) is 40.8 Å². The summed E-state index contributed by atoms with van der Waals surface area (Å²) >= 11 is 0. The van der Waals surface area contributed by atoms with E-state index in [9.17, 15) is 18.0 Å². The van der Waals surface area contributed by atoms with Crippen LogP contribution in [0.5, 0.6) is 0 Å². The van der Waals surface area contributed by atoms with E-state index in [-0.39, 0.29) is 10.5 Å². The fraction of sp³-hybridized carbons (Fsp3) is 0.476. The minimum atomic E-state index is -3.66. The smallest absolute Gasteiger partial charge is 0.344 e. The van der Waals surface area contributed by atoms with Crippen molar-refractivity contribution >= 4 is 27.6 Å². The minimum absolute atomic E-state index is 0.167. The Kier molecular flexibility index (Phi) is 7.11. The van der Waals surface area contributed by atoms with Crippen LogP contribution in [0, 0.1) is 20.8 Å². The summed E-state index contributed by atoms with van der Waals surface area (Å²) in [5, 5.41) is 6.27. The fourth-order valence-corrected chi connectivity index (χ4v) is 5.32. The molecule has 31 heavy (non-hydrogen) atoms. The van der Waals surface area contributed by atoms with Crippen LogP contribution in [0.15, 0.2) is 27.6 Å². The predicted molar refractivity (Wildman–Crippen MR) is 113 cm³/mol. The molecule has 0 unspecified atom stereocenters. The Balaban J connectivity index is 1.68. The molecule has 168 valence electrons. The first-order valence-corrected chi connectivity index (χ1v) is 11.6. The second-order valence-corrected chi connectivity index (χ2v) is 9.53. The first-order valence-electron chi connectivity index (χ1n) is 10.2. The molecule has 1 saturated heterocycles. The molecule has 3 rings (SSSR count). The largest absolute Gasteiger partial charge is 0.452 e. The maximum absolute atomic E-state index is 13.1. The number of aryl methyl sites for hydroxylation is 3. The molecule has 1 aromatic heterocycles. The number of carbonyl (C=O) groups excluding carboxylic acids is 2. The van der Waals surface area contributed by atoms with Crippen LogP contribution in [-0.2, 0) is 19.6 Å². The third-order valence-electron chi connectivity index (χ3n) is 5.23. The third kappa shape index (κ3) is 5.31. The maximum Gasteiger partial charge on any atom is 0.344 e. The van der Waals surface area contributed by atoms with Gasteiger partial charge in [0.15, 0.2) is 6.61 Å². The Morgan fingerprint density at radius 2 is 1.81 bits per heavy atom. The lowest BCUT2D eigenvalue weighted by Gasteiger charge is -2.21. The van der Waals surface area contributed by atoms with Gasteiger partial charge in [-0.15, -0.1) is 0 Å². The highest BCUT2D eigenvalue weighted by Gasteiger charge is 2.27. The van der Waals surface area contributed by atoms with E-state index < -0.39 is 28.5 Å². The SMILES string of the molecule is Cc1ccc(NC(=O)COC(=O)c2c(C)noc2C)cc1S(=O)(=O)N1CCCCCC1. The Bertz CT molecular complexity index is 1050. The van der Waals surface area contributed by atoms with Crippen molar-refractivity contribution in [1.29, 1.82) is 0 Å². The highest BCUT2D eigenvalue weighted by Crippen LogP contribution is 2.26. The maximum atomic E-state index is 13.1. The standard InChI is InChI=1S/C21H27N3O6S/c1-14-8-9-17(12-18(14)31(27,28)24-10-6-4-5-7-11-24)22-19(25)13-29-21(26)20-15(2)23-30-16(20)3/h8-9,12H,4-7,10-11,13H2,1-3H3,(H,22,25). The second-order valence-electron chi connectivity index (χ2n) is 7.62. The average Bonchev–Trinajstić information content (AvgIpc) is 2.92. The number of nitrogens with one attached hydrogen (secondary N) is 1. The van der Waals surface area contributed by atoms with Gasteiger partial charge in [0.2, 0.25) is 10.0 Å². The van der Waals surface area contributed by atoms with E-state index in [4.69, 9.17) is 9.26 Å². The molecular formula is C21H27N3O6S. The molecule has 0 atom stereocenters. The predicted octanol–water partition coefficient (Wildman–Crippen LogP) is 2.96. The Hall–Kier alpha value is -2.72. The number of aromatic nitrogens is 1. The van der Waals surface area contributed by atoms with E-state index >= 15 is 0 Å². The van der Waals surface area contributed by atoms with Gasteiger partial charge in [0.1, 0.15) is 11.3 Å². The first-order chi connectivity index (χ1) is 14.7. The monoisotopic (exact) mass is 449 g/mol. The quantitative estimate of drug-likeness (QED) is 0.674. The minimum Gasteiger partial charge on any atom is -0.452 e. The summed E-state index contributed by atoms with van der Waals surface area (Å²) in [6, 6.07) is 4.71. The van der Waals surface area contributed by atoms with Crippen LogP contribution >= 0.6 is 0 Å². The molecule has 0 aliphatic carbocycles. The number of hydrogen-bond acceptors (Lipinski definition) is 7.